The van der Waals surface area contributed by atoms with Crippen molar-refractivity contribution in [1.82, 2.24) is 0 Å². The zero-order chi connectivity index (χ0) is 16.9. The van der Waals surface area contributed by atoms with Crippen LogP contribution in [0.1, 0.15) is 25.0 Å². The molecule has 0 fully saturated rings. The smallest absolute Gasteiger partial charge is 0.258 e. The molecule has 0 aromatic heterocycles. The van der Waals surface area contributed by atoms with Crippen LogP contribution in [0.3, 0.4) is 0 Å². The predicted octanol–water partition coefficient (Wildman–Crippen LogP) is 5.57. The topological polar surface area (TPSA) is 43.1 Å². The Balaban J connectivity index is 1.94. The molecule has 3 heteroatoms. The molecule has 3 aromatic rings. The van der Waals surface area contributed by atoms with E-state index in [2.05, 4.69) is 50.2 Å². The lowest BCUT2D eigenvalue weighted by molar-refractivity contribution is -0.384. The number of nitrogens with zero attached hydrogens (tertiary/aromatic N) is 1. The highest BCUT2D eigenvalue weighted by molar-refractivity contribution is 5.84. The predicted molar refractivity (Wildman–Crippen MR) is 96.1 cm³/mol. The summed E-state index contributed by atoms with van der Waals surface area (Å²) >= 11 is 0. The van der Waals surface area contributed by atoms with E-state index in [1.54, 1.807) is 12.1 Å². The van der Waals surface area contributed by atoms with Gasteiger partial charge in [0.05, 0.1) is 10.5 Å². The second kappa shape index (κ2) is 5.03. The monoisotopic (exact) mass is 315 g/mol. The maximum Gasteiger partial charge on any atom is 0.277 e. The molecule has 0 spiro atoms. The molecule has 0 unspecified atom stereocenters. The van der Waals surface area contributed by atoms with Crippen LogP contribution in [0.2, 0.25) is 0 Å². The number of hydrogen-bond donors (Lipinski definition) is 0. The summed E-state index contributed by atoms with van der Waals surface area (Å²) < 4.78 is 0. The molecule has 0 heterocycles. The van der Waals surface area contributed by atoms with E-state index >= 15 is 0 Å². The van der Waals surface area contributed by atoms with Crippen LogP contribution in [-0.4, -0.2) is 4.92 Å². The minimum Gasteiger partial charge on any atom is -0.258 e. The first-order valence-corrected chi connectivity index (χ1v) is 7.98. The normalized spacial score (nSPS) is 14.1. The van der Waals surface area contributed by atoms with E-state index in [1.807, 2.05) is 18.2 Å². The maximum absolute atomic E-state index is 11.3. The Labute approximate surface area is 140 Å². The van der Waals surface area contributed by atoms with E-state index < -0.39 is 0 Å². The molecule has 0 saturated heterocycles. The number of hydrogen-bond acceptors (Lipinski definition) is 2. The van der Waals surface area contributed by atoms with Crippen molar-refractivity contribution in [2.75, 3.05) is 0 Å². The third kappa shape index (κ3) is 1.98. The average Bonchev–Trinajstić information content (AvgIpc) is 2.83. The van der Waals surface area contributed by atoms with E-state index in [9.17, 15) is 10.1 Å². The highest BCUT2D eigenvalue weighted by atomic mass is 16.6. The van der Waals surface area contributed by atoms with Crippen molar-refractivity contribution in [2.45, 2.75) is 19.3 Å². The quantitative estimate of drug-likeness (QED) is 0.458. The van der Waals surface area contributed by atoms with E-state index in [0.717, 1.165) is 5.56 Å². The van der Waals surface area contributed by atoms with Crippen molar-refractivity contribution in [3.63, 3.8) is 0 Å². The lowest BCUT2D eigenvalue weighted by atomic mass is 9.81. The van der Waals surface area contributed by atoms with Crippen LogP contribution in [0.5, 0.6) is 0 Å². The minimum absolute atomic E-state index is 0.106. The van der Waals surface area contributed by atoms with Crippen LogP contribution >= 0.6 is 0 Å². The third-order valence-electron chi connectivity index (χ3n) is 5.00. The number of nitro groups is 1. The lowest BCUT2D eigenvalue weighted by Gasteiger charge is -2.21. The van der Waals surface area contributed by atoms with Gasteiger partial charge in [-0.2, -0.15) is 0 Å². The number of nitro benzene ring substituents is 1. The van der Waals surface area contributed by atoms with Crippen molar-refractivity contribution < 1.29 is 4.92 Å². The Morgan fingerprint density at radius 2 is 1.42 bits per heavy atom. The number of benzene rings is 3. The van der Waals surface area contributed by atoms with Crippen molar-refractivity contribution in [1.29, 1.82) is 0 Å². The SMILES string of the molecule is CC1(C)c2ccccc2-c2ccc(-c3ccccc3[N+](=O)[O-])cc21. The molecule has 0 aliphatic heterocycles. The Morgan fingerprint density at radius 3 is 2.17 bits per heavy atom. The molecule has 0 N–H and O–H groups in total. The van der Waals surface area contributed by atoms with Gasteiger partial charge in [0.2, 0.25) is 0 Å². The summed E-state index contributed by atoms with van der Waals surface area (Å²) in [7, 11) is 0. The summed E-state index contributed by atoms with van der Waals surface area (Å²) in [5, 5.41) is 11.3. The molecule has 0 radical (unpaired) electrons. The van der Waals surface area contributed by atoms with E-state index in [1.165, 1.54) is 22.3 Å². The first-order valence-electron chi connectivity index (χ1n) is 7.98. The molecule has 24 heavy (non-hydrogen) atoms. The Hall–Kier alpha value is -2.94. The summed E-state index contributed by atoms with van der Waals surface area (Å²) in [6, 6.07) is 21.5. The van der Waals surface area contributed by atoms with Crippen LogP contribution in [0.15, 0.2) is 66.7 Å². The Bertz CT molecular complexity index is 973. The molecule has 1 aliphatic rings. The summed E-state index contributed by atoms with van der Waals surface area (Å²) in [6.45, 7) is 4.42. The van der Waals surface area contributed by atoms with Gasteiger partial charge in [0.1, 0.15) is 0 Å². The minimum atomic E-state index is -0.317. The third-order valence-corrected chi connectivity index (χ3v) is 5.00. The highest BCUT2D eigenvalue weighted by Gasteiger charge is 2.35. The van der Waals surface area contributed by atoms with Crippen molar-refractivity contribution in [3.8, 4) is 22.3 Å². The van der Waals surface area contributed by atoms with Gasteiger partial charge in [-0.3, -0.25) is 10.1 Å². The maximum atomic E-state index is 11.3. The Morgan fingerprint density at radius 1 is 0.792 bits per heavy atom. The Kier molecular flexibility index (Phi) is 3.07. The number of fused-ring (bicyclic) bond motifs is 3. The van der Waals surface area contributed by atoms with Gasteiger partial charge in [0.15, 0.2) is 0 Å². The van der Waals surface area contributed by atoms with Gasteiger partial charge in [-0.05, 0) is 39.9 Å². The number of rotatable bonds is 2. The van der Waals surface area contributed by atoms with Crippen LogP contribution < -0.4 is 0 Å². The van der Waals surface area contributed by atoms with Gasteiger partial charge in [0, 0.05) is 11.5 Å². The van der Waals surface area contributed by atoms with Gasteiger partial charge in [0.25, 0.3) is 5.69 Å². The molecule has 0 atom stereocenters. The highest BCUT2D eigenvalue weighted by Crippen LogP contribution is 2.49. The van der Waals surface area contributed by atoms with Gasteiger partial charge >= 0.3 is 0 Å². The molecule has 4 rings (SSSR count). The zero-order valence-electron chi connectivity index (χ0n) is 13.6. The van der Waals surface area contributed by atoms with Gasteiger partial charge in [-0.25, -0.2) is 0 Å². The van der Waals surface area contributed by atoms with Crippen LogP contribution in [-0.2, 0) is 5.41 Å². The van der Waals surface area contributed by atoms with Gasteiger partial charge in [-0.15, -0.1) is 0 Å². The summed E-state index contributed by atoms with van der Waals surface area (Å²) in [4.78, 5) is 11.0. The summed E-state index contributed by atoms with van der Waals surface area (Å²) in [5.41, 5.74) is 6.60. The van der Waals surface area contributed by atoms with Crippen molar-refractivity contribution >= 4 is 5.69 Å². The second-order valence-electron chi connectivity index (χ2n) is 6.71. The van der Waals surface area contributed by atoms with Gasteiger partial charge < -0.3 is 0 Å². The largest absolute Gasteiger partial charge is 0.277 e. The molecule has 3 nitrogen and oxygen atoms in total. The van der Waals surface area contributed by atoms with Gasteiger partial charge in [-0.1, -0.05) is 62.4 Å². The first kappa shape index (κ1) is 14.6. The molecule has 3 aromatic carbocycles. The molecule has 118 valence electrons. The molecule has 0 saturated carbocycles. The fraction of sp³-hybridized carbons (Fsp3) is 0.143. The van der Waals surface area contributed by atoms with Crippen LogP contribution in [0, 0.1) is 10.1 Å². The van der Waals surface area contributed by atoms with E-state index in [-0.39, 0.29) is 16.0 Å². The molecular formula is C21H17NO2. The van der Waals surface area contributed by atoms with Crippen LogP contribution in [0.25, 0.3) is 22.3 Å². The summed E-state index contributed by atoms with van der Waals surface area (Å²) in [6.07, 6.45) is 0. The molecular weight excluding hydrogens is 298 g/mol. The van der Waals surface area contributed by atoms with Crippen molar-refractivity contribution in [2.24, 2.45) is 0 Å². The van der Waals surface area contributed by atoms with E-state index in [4.69, 9.17) is 0 Å². The molecule has 1 aliphatic carbocycles. The molecule has 0 amide bonds. The fourth-order valence-electron chi connectivity index (χ4n) is 3.75. The second-order valence-corrected chi connectivity index (χ2v) is 6.71. The summed E-state index contributed by atoms with van der Waals surface area (Å²) in [5.74, 6) is 0. The first-order chi connectivity index (χ1) is 11.5. The van der Waals surface area contributed by atoms with Crippen molar-refractivity contribution in [3.05, 3.63) is 88.0 Å². The molecule has 0 bridgehead atoms. The number of para-hydroxylation sites is 1. The van der Waals surface area contributed by atoms with E-state index in [0.29, 0.717) is 5.56 Å². The fourth-order valence-corrected chi connectivity index (χ4v) is 3.75. The van der Waals surface area contributed by atoms with Crippen LogP contribution in [0.4, 0.5) is 5.69 Å². The zero-order valence-corrected chi connectivity index (χ0v) is 13.6. The lowest BCUT2D eigenvalue weighted by Crippen LogP contribution is -2.14. The average molecular weight is 315 g/mol. The standard InChI is InChI=1S/C21H17NO2/c1-21(2)18-9-5-3-8-16(18)17-12-11-14(13-19(17)21)15-7-4-6-10-20(15)22(23)24/h3-13H,1-2H3.